The van der Waals surface area contributed by atoms with E-state index in [9.17, 15) is 4.79 Å². The number of carbonyl (C=O) groups is 1. The summed E-state index contributed by atoms with van der Waals surface area (Å²) in [6.07, 6.45) is 2.94. The minimum atomic E-state index is 0.246. The van der Waals surface area contributed by atoms with E-state index < -0.39 is 0 Å². The number of nitrogens with one attached hydrogen (secondary N) is 1. The first-order valence-corrected chi connectivity index (χ1v) is 6.15. The molecule has 2 rings (SSSR count). The van der Waals surface area contributed by atoms with E-state index in [1.165, 1.54) is 17.7 Å². The fourth-order valence-corrected chi connectivity index (χ4v) is 2.35. The molecule has 0 aromatic carbocycles. The Bertz CT molecular complexity index is 349. The minimum Gasteiger partial charge on any atom is -0.307 e. The number of Topliss-reactive ketones (excluding diaryl/α,β-unsaturated/α-hetero) is 1. The van der Waals surface area contributed by atoms with E-state index in [0.29, 0.717) is 19.0 Å². The Hall–Kier alpha value is -0.740. The van der Waals surface area contributed by atoms with Gasteiger partial charge in [-0.2, -0.15) is 0 Å². The zero-order chi connectivity index (χ0) is 10.8. The molecule has 1 aliphatic carbocycles. The molecule has 4 heteroatoms. The van der Waals surface area contributed by atoms with Gasteiger partial charge < -0.3 is 5.32 Å². The summed E-state index contributed by atoms with van der Waals surface area (Å²) in [5.74, 6) is 0.246. The number of aryl methyl sites for hydroxylation is 2. The number of aromatic nitrogens is 1. The van der Waals surface area contributed by atoms with Gasteiger partial charge in [0, 0.05) is 10.9 Å². The summed E-state index contributed by atoms with van der Waals surface area (Å²) in [5.41, 5.74) is 1.05. The molecule has 0 atom stereocenters. The maximum atomic E-state index is 11.6. The second-order valence-corrected chi connectivity index (χ2v) is 5.41. The van der Waals surface area contributed by atoms with Gasteiger partial charge in [0.25, 0.3) is 0 Å². The van der Waals surface area contributed by atoms with Crippen LogP contribution >= 0.6 is 11.3 Å². The lowest BCUT2D eigenvalue weighted by molar-refractivity contribution is -0.117. The van der Waals surface area contributed by atoms with Gasteiger partial charge in [0.2, 0.25) is 0 Å². The molecular formula is C11H16N2OS. The van der Waals surface area contributed by atoms with E-state index in [4.69, 9.17) is 0 Å². The Balaban J connectivity index is 1.81. The van der Waals surface area contributed by atoms with E-state index in [1.54, 1.807) is 11.3 Å². The second kappa shape index (κ2) is 4.41. The summed E-state index contributed by atoms with van der Waals surface area (Å²) in [5, 5.41) is 4.18. The van der Waals surface area contributed by atoms with Crippen molar-refractivity contribution in [3.05, 3.63) is 15.6 Å². The first-order chi connectivity index (χ1) is 7.15. The maximum absolute atomic E-state index is 11.6. The monoisotopic (exact) mass is 224 g/mol. The van der Waals surface area contributed by atoms with Crippen LogP contribution in [0.5, 0.6) is 0 Å². The molecule has 0 aliphatic heterocycles. The Kier molecular flexibility index (Phi) is 3.17. The van der Waals surface area contributed by atoms with Crippen molar-refractivity contribution in [1.29, 1.82) is 0 Å². The van der Waals surface area contributed by atoms with E-state index in [-0.39, 0.29) is 5.78 Å². The predicted octanol–water partition coefficient (Wildman–Crippen LogP) is 1.62. The van der Waals surface area contributed by atoms with Gasteiger partial charge in [-0.05, 0) is 26.7 Å². The zero-order valence-electron chi connectivity index (χ0n) is 9.17. The molecular weight excluding hydrogens is 208 g/mol. The molecule has 0 amide bonds. The van der Waals surface area contributed by atoms with Gasteiger partial charge in [-0.15, -0.1) is 11.3 Å². The van der Waals surface area contributed by atoms with Crippen LogP contribution < -0.4 is 5.32 Å². The fourth-order valence-electron chi connectivity index (χ4n) is 1.39. The summed E-state index contributed by atoms with van der Waals surface area (Å²) in [6.45, 7) is 4.54. The molecule has 1 aromatic heterocycles. The first kappa shape index (κ1) is 10.8. The maximum Gasteiger partial charge on any atom is 0.153 e. The van der Waals surface area contributed by atoms with Gasteiger partial charge in [-0.3, -0.25) is 4.79 Å². The minimum absolute atomic E-state index is 0.246. The quantitative estimate of drug-likeness (QED) is 0.826. The molecule has 0 radical (unpaired) electrons. The Morgan fingerprint density at radius 3 is 2.80 bits per heavy atom. The highest BCUT2D eigenvalue weighted by Crippen LogP contribution is 2.19. The SMILES string of the molecule is Cc1nc(CC(=O)CNC2CC2)sc1C. The van der Waals surface area contributed by atoms with Gasteiger partial charge in [0.05, 0.1) is 18.7 Å². The molecule has 1 aliphatic rings. The van der Waals surface area contributed by atoms with Gasteiger partial charge in [-0.25, -0.2) is 4.98 Å². The molecule has 3 nitrogen and oxygen atoms in total. The average Bonchev–Trinajstić information content (AvgIpc) is 2.93. The van der Waals surface area contributed by atoms with E-state index in [1.807, 2.05) is 13.8 Å². The number of hydrogen-bond donors (Lipinski definition) is 1. The molecule has 82 valence electrons. The lowest BCUT2D eigenvalue weighted by Crippen LogP contribution is -2.25. The van der Waals surface area contributed by atoms with Crippen LogP contribution in [-0.2, 0) is 11.2 Å². The average molecular weight is 224 g/mol. The van der Waals surface area contributed by atoms with Crippen molar-refractivity contribution in [2.45, 2.75) is 39.2 Å². The molecule has 1 fully saturated rings. The molecule has 1 aromatic rings. The predicted molar refractivity (Wildman–Crippen MR) is 61.3 cm³/mol. The van der Waals surface area contributed by atoms with Crippen molar-refractivity contribution in [2.24, 2.45) is 0 Å². The lowest BCUT2D eigenvalue weighted by atomic mass is 10.3. The topological polar surface area (TPSA) is 42.0 Å². The Morgan fingerprint density at radius 2 is 2.27 bits per heavy atom. The Morgan fingerprint density at radius 1 is 1.53 bits per heavy atom. The van der Waals surface area contributed by atoms with Crippen LogP contribution in [0, 0.1) is 13.8 Å². The standard InChI is InChI=1S/C11H16N2OS/c1-7-8(2)15-11(13-7)5-10(14)6-12-9-3-4-9/h9,12H,3-6H2,1-2H3. The summed E-state index contributed by atoms with van der Waals surface area (Å²) in [6, 6.07) is 0.605. The van der Waals surface area contributed by atoms with Crippen molar-refractivity contribution in [3.63, 3.8) is 0 Å². The van der Waals surface area contributed by atoms with Crippen molar-refractivity contribution in [3.8, 4) is 0 Å². The summed E-state index contributed by atoms with van der Waals surface area (Å²) in [4.78, 5) is 17.1. The Labute approximate surface area is 93.9 Å². The van der Waals surface area contributed by atoms with Gasteiger partial charge in [0.1, 0.15) is 5.01 Å². The number of carbonyl (C=O) groups excluding carboxylic acids is 1. The highest BCUT2D eigenvalue weighted by Gasteiger charge is 2.21. The molecule has 0 saturated heterocycles. The zero-order valence-corrected chi connectivity index (χ0v) is 9.99. The largest absolute Gasteiger partial charge is 0.307 e. The van der Waals surface area contributed by atoms with Crippen molar-refractivity contribution >= 4 is 17.1 Å². The number of hydrogen-bond acceptors (Lipinski definition) is 4. The lowest BCUT2D eigenvalue weighted by Gasteiger charge is -1.99. The van der Waals surface area contributed by atoms with E-state index in [2.05, 4.69) is 10.3 Å². The van der Waals surface area contributed by atoms with Crippen LogP contribution in [0.3, 0.4) is 0 Å². The number of nitrogens with zero attached hydrogens (tertiary/aromatic N) is 1. The number of ketones is 1. The van der Waals surface area contributed by atoms with Gasteiger partial charge in [0.15, 0.2) is 5.78 Å². The molecule has 1 saturated carbocycles. The van der Waals surface area contributed by atoms with E-state index in [0.717, 1.165) is 10.7 Å². The highest BCUT2D eigenvalue weighted by molar-refractivity contribution is 7.11. The smallest absolute Gasteiger partial charge is 0.153 e. The molecule has 0 bridgehead atoms. The molecule has 1 heterocycles. The van der Waals surface area contributed by atoms with Gasteiger partial charge >= 0.3 is 0 Å². The highest BCUT2D eigenvalue weighted by atomic mass is 32.1. The van der Waals surface area contributed by atoms with Gasteiger partial charge in [-0.1, -0.05) is 0 Å². The molecule has 0 spiro atoms. The first-order valence-electron chi connectivity index (χ1n) is 5.33. The number of thiazole rings is 1. The third-order valence-electron chi connectivity index (χ3n) is 2.59. The molecule has 1 N–H and O–H groups in total. The van der Waals surface area contributed by atoms with E-state index >= 15 is 0 Å². The number of rotatable bonds is 5. The van der Waals surface area contributed by atoms with Crippen LogP contribution in [0.4, 0.5) is 0 Å². The van der Waals surface area contributed by atoms with Crippen molar-refractivity contribution in [1.82, 2.24) is 10.3 Å². The third-order valence-corrected chi connectivity index (χ3v) is 3.66. The van der Waals surface area contributed by atoms with Crippen LogP contribution in [0.2, 0.25) is 0 Å². The van der Waals surface area contributed by atoms with Crippen molar-refractivity contribution in [2.75, 3.05) is 6.54 Å². The molecule has 0 unspecified atom stereocenters. The molecule has 15 heavy (non-hydrogen) atoms. The van der Waals surface area contributed by atoms with Crippen LogP contribution in [0.25, 0.3) is 0 Å². The second-order valence-electron chi connectivity index (χ2n) is 4.12. The fraction of sp³-hybridized carbons (Fsp3) is 0.636. The van der Waals surface area contributed by atoms with Crippen molar-refractivity contribution < 1.29 is 4.79 Å². The summed E-state index contributed by atoms with van der Waals surface area (Å²) in [7, 11) is 0. The van der Waals surface area contributed by atoms with Crippen LogP contribution in [0.1, 0.15) is 28.4 Å². The van der Waals surface area contributed by atoms with Crippen LogP contribution in [0.15, 0.2) is 0 Å². The van der Waals surface area contributed by atoms with Crippen LogP contribution in [-0.4, -0.2) is 23.4 Å². The third kappa shape index (κ3) is 3.11. The summed E-state index contributed by atoms with van der Waals surface area (Å²) >= 11 is 1.63. The normalized spacial score (nSPS) is 15.6. The summed E-state index contributed by atoms with van der Waals surface area (Å²) < 4.78 is 0.